The summed E-state index contributed by atoms with van der Waals surface area (Å²) in [5.41, 5.74) is 1.40. The zero-order valence-electron chi connectivity index (χ0n) is 17.9. The first-order valence-corrected chi connectivity index (χ1v) is 10.6. The van der Waals surface area contributed by atoms with E-state index in [0.29, 0.717) is 58.6 Å². The zero-order chi connectivity index (χ0) is 22.5. The number of methoxy groups -OCH3 is 2. The third-order valence-corrected chi connectivity index (χ3v) is 5.37. The number of para-hydroxylation sites is 2. The van der Waals surface area contributed by atoms with E-state index in [0.717, 1.165) is 5.56 Å². The molecule has 0 atom stereocenters. The number of rotatable bonds is 8. The molecule has 0 saturated carbocycles. The third-order valence-electron chi connectivity index (χ3n) is 5.12. The molecule has 0 unspecified atom stereocenters. The van der Waals surface area contributed by atoms with Gasteiger partial charge in [-0.15, -0.1) is 0 Å². The van der Waals surface area contributed by atoms with Gasteiger partial charge in [-0.1, -0.05) is 29.8 Å². The minimum atomic E-state index is -0.0876. The number of hydrogen-bond acceptors (Lipinski definition) is 5. The lowest BCUT2D eigenvalue weighted by Crippen LogP contribution is -2.24. The molecular weight excluding hydrogens is 428 g/mol. The van der Waals surface area contributed by atoms with E-state index in [-0.39, 0.29) is 5.56 Å². The summed E-state index contributed by atoms with van der Waals surface area (Å²) < 4.78 is 18.4. The summed E-state index contributed by atoms with van der Waals surface area (Å²) in [4.78, 5) is 18.0. The minimum Gasteiger partial charge on any atom is -0.493 e. The minimum absolute atomic E-state index is 0.0876. The lowest BCUT2D eigenvalue weighted by atomic mass is 10.1. The van der Waals surface area contributed by atoms with Crippen molar-refractivity contribution in [2.75, 3.05) is 20.8 Å². The van der Waals surface area contributed by atoms with Gasteiger partial charge >= 0.3 is 0 Å². The van der Waals surface area contributed by atoms with Gasteiger partial charge in [0.2, 0.25) is 5.75 Å². The largest absolute Gasteiger partial charge is 0.493 e. The molecule has 0 spiro atoms. The maximum absolute atomic E-state index is 13.3. The lowest BCUT2D eigenvalue weighted by Gasteiger charge is -2.16. The van der Waals surface area contributed by atoms with Crippen molar-refractivity contribution < 1.29 is 14.2 Å². The maximum atomic E-state index is 13.3. The molecule has 7 heteroatoms. The van der Waals surface area contributed by atoms with Crippen molar-refractivity contribution in [3.8, 4) is 28.6 Å². The second kappa shape index (κ2) is 9.75. The highest BCUT2D eigenvalue weighted by Gasteiger charge is 2.14. The van der Waals surface area contributed by atoms with Gasteiger partial charge in [0.05, 0.1) is 31.7 Å². The van der Waals surface area contributed by atoms with Crippen LogP contribution in [0.1, 0.15) is 6.42 Å². The highest BCUT2D eigenvalue weighted by atomic mass is 35.5. The molecule has 1 heterocycles. The fourth-order valence-electron chi connectivity index (χ4n) is 3.55. The first-order chi connectivity index (χ1) is 15.6. The number of benzene rings is 3. The summed E-state index contributed by atoms with van der Waals surface area (Å²) in [7, 11) is 3.17. The van der Waals surface area contributed by atoms with Crippen molar-refractivity contribution in [3.63, 3.8) is 0 Å². The predicted molar refractivity (Wildman–Crippen MR) is 126 cm³/mol. The van der Waals surface area contributed by atoms with E-state index in [2.05, 4.69) is 0 Å². The van der Waals surface area contributed by atoms with Gasteiger partial charge < -0.3 is 14.2 Å². The van der Waals surface area contributed by atoms with Crippen LogP contribution < -0.4 is 19.8 Å². The third kappa shape index (κ3) is 4.41. The van der Waals surface area contributed by atoms with Gasteiger partial charge in [0.1, 0.15) is 5.82 Å². The van der Waals surface area contributed by atoms with Gasteiger partial charge in [-0.05, 0) is 55.0 Å². The number of ether oxygens (including phenoxy) is 3. The first kappa shape index (κ1) is 21.7. The van der Waals surface area contributed by atoms with Crippen molar-refractivity contribution in [1.29, 1.82) is 0 Å². The average Bonchev–Trinajstić information content (AvgIpc) is 2.83. The Kier molecular flexibility index (Phi) is 6.61. The topological polar surface area (TPSA) is 62.6 Å². The molecule has 4 aromatic rings. The summed E-state index contributed by atoms with van der Waals surface area (Å²) >= 11 is 6.05. The van der Waals surface area contributed by atoms with Crippen LogP contribution in [-0.2, 0) is 6.54 Å². The summed E-state index contributed by atoms with van der Waals surface area (Å²) in [5, 5.41) is 1.21. The molecular formula is C25H23ClN2O4. The number of fused-ring (bicyclic) bond motifs is 1. The Balaban J connectivity index is 1.62. The van der Waals surface area contributed by atoms with Crippen molar-refractivity contribution >= 4 is 22.5 Å². The van der Waals surface area contributed by atoms with E-state index in [1.807, 2.05) is 48.5 Å². The molecule has 6 nitrogen and oxygen atoms in total. The summed E-state index contributed by atoms with van der Waals surface area (Å²) in [6.45, 7) is 0.808. The van der Waals surface area contributed by atoms with Crippen LogP contribution in [0.5, 0.6) is 17.2 Å². The van der Waals surface area contributed by atoms with Crippen LogP contribution in [0.15, 0.2) is 71.5 Å². The van der Waals surface area contributed by atoms with E-state index in [9.17, 15) is 4.79 Å². The molecule has 0 aliphatic carbocycles. The van der Waals surface area contributed by atoms with Crippen LogP contribution in [0.4, 0.5) is 0 Å². The summed E-state index contributed by atoms with van der Waals surface area (Å²) in [5.74, 6) is 2.33. The molecule has 3 aromatic carbocycles. The number of hydrogen-bond donors (Lipinski definition) is 0. The molecule has 32 heavy (non-hydrogen) atoms. The zero-order valence-corrected chi connectivity index (χ0v) is 18.6. The number of aromatic nitrogens is 2. The second-order valence-electron chi connectivity index (χ2n) is 7.11. The van der Waals surface area contributed by atoms with Crippen molar-refractivity contribution in [2.45, 2.75) is 13.0 Å². The van der Waals surface area contributed by atoms with Crippen LogP contribution in [0, 0.1) is 0 Å². The molecule has 4 rings (SSSR count). The van der Waals surface area contributed by atoms with Gasteiger partial charge in [-0.25, -0.2) is 4.98 Å². The van der Waals surface area contributed by atoms with Crippen LogP contribution in [0.2, 0.25) is 5.02 Å². The van der Waals surface area contributed by atoms with Crippen LogP contribution >= 0.6 is 11.6 Å². The summed E-state index contributed by atoms with van der Waals surface area (Å²) in [6, 6.07) is 20.1. The van der Waals surface area contributed by atoms with E-state index in [4.69, 9.17) is 30.8 Å². The van der Waals surface area contributed by atoms with Gasteiger partial charge in [0.25, 0.3) is 5.56 Å². The van der Waals surface area contributed by atoms with Crippen LogP contribution in [-0.4, -0.2) is 30.4 Å². The Morgan fingerprint density at radius 1 is 0.906 bits per heavy atom. The molecule has 0 N–H and O–H groups in total. The molecule has 0 fully saturated rings. The molecule has 164 valence electrons. The standard InChI is InChI=1S/C25H23ClN2O4/c1-30-21-9-5-10-22(31-2)23(21)32-16-6-15-28-24(17-11-13-18(26)14-12-17)27-20-8-4-3-7-19(20)25(28)29/h3-5,7-14H,6,15-16H2,1-2H3. The summed E-state index contributed by atoms with van der Waals surface area (Å²) in [6.07, 6.45) is 0.585. The lowest BCUT2D eigenvalue weighted by molar-refractivity contribution is 0.265. The van der Waals surface area contributed by atoms with Crippen molar-refractivity contribution in [2.24, 2.45) is 0 Å². The average molecular weight is 451 g/mol. The van der Waals surface area contributed by atoms with E-state index in [1.54, 1.807) is 37.0 Å². The Morgan fingerprint density at radius 3 is 2.28 bits per heavy atom. The fraction of sp³-hybridized carbons (Fsp3) is 0.200. The molecule has 0 radical (unpaired) electrons. The first-order valence-electron chi connectivity index (χ1n) is 10.2. The van der Waals surface area contributed by atoms with Gasteiger partial charge in [-0.2, -0.15) is 0 Å². The predicted octanol–water partition coefficient (Wildman–Crippen LogP) is 5.20. The Bertz CT molecular complexity index is 1260. The molecule has 0 bridgehead atoms. The van der Waals surface area contributed by atoms with Gasteiger partial charge in [-0.3, -0.25) is 9.36 Å². The molecule has 0 amide bonds. The second-order valence-corrected chi connectivity index (χ2v) is 7.55. The Labute approximate surface area is 191 Å². The monoisotopic (exact) mass is 450 g/mol. The Morgan fingerprint density at radius 2 is 1.59 bits per heavy atom. The van der Waals surface area contributed by atoms with Crippen LogP contribution in [0.3, 0.4) is 0 Å². The fourth-order valence-corrected chi connectivity index (χ4v) is 3.68. The molecule has 0 aliphatic rings. The highest BCUT2D eigenvalue weighted by Crippen LogP contribution is 2.36. The highest BCUT2D eigenvalue weighted by molar-refractivity contribution is 6.30. The van der Waals surface area contributed by atoms with E-state index >= 15 is 0 Å². The van der Waals surface area contributed by atoms with Gasteiger partial charge in [0.15, 0.2) is 11.5 Å². The number of nitrogens with zero attached hydrogens (tertiary/aromatic N) is 2. The van der Waals surface area contributed by atoms with E-state index in [1.165, 1.54) is 0 Å². The van der Waals surface area contributed by atoms with E-state index < -0.39 is 0 Å². The van der Waals surface area contributed by atoms with Crippen LogP contribution in [0.25, 0.3) is 22.3 Å². The number of halogens is 1. The molecule has 0 saturated heterocycles. The van der Waals surface area contributed by atoms with Crippen molar-refractivity contribution in [1.82, 2.24) is 9.55 Å². The SMILES string of the molecule is COc1cccc(OC)c1OCCCn1c(-c2ccc(Cl)cc2)nc2ccccc2c1=O. The quantitative estimate of drug-likeness (QED) is 0.345. The molecule has 1 aromatic heterocycles. The Hall–Kier alpha value is -3.51. The molecule has 0 aliphatic heterocycles. The maximum Gasteiger partial charge on any atom is 0.261 e. The normalized spacial score (nSPS) is 10.8. The van der Waals surface area contributed by atoms with Gasteiger partial charge in [0, 0.05) is 17.1 Å². The van der Waals surface area contributed by atoms with Crippen molar-refractivity contribution in [3.05, 3.63) is 82.1 Å². The smallest absolute Gasteiger partial charge is 0.261 e.